The normalized spacial score (nSPS) is 15.5. The summed E-state index contributed by atoms with van der Waals surface area (Å²) in [5.41, 5.74) is -0.910. The van der Waals surface area contributed by atoms with Crippen LogP contribution >= 0.6 is 0 Å². The van der Waals surface area contributed by atoms with Crippen molar-refractivity contribution in [2.75, 3.05) is 25.5 Å². The predicted octanol–water partition coefficient (Wildman–Crippen LogP) is 2.93. The van der Waals surface area contributed by atoms with Crippen LogP contribution in [0.3, 0.4) is 0 Å². The lowest BCUT2D eigenvalue weighted by Crippen LogP contribution is -2.41. The molecule has 0 saturated carbocycles. The Morgan fingerprint density at radius 3 is 2.23 bits per heavy atom. The van der Waals surface area contributed by atoms with E-state index < -0.39 is 50.8 Å². The Bertz CT molecular complexity index is 1100. The van der Waals surface area contributed by atoms with Crippen molar-refractivity contribution in [3.63, 3.8) is 0 Å². The van der Waals surface area contributed by atoms with Crippen LogP contribution in [0, 0.1) is 23.4 Å². The van der Waals surface area contributed by atoms with E-state index in [9.17, 15) is 31.2 Å². The number of anilines is 1. The highest BCUT2D eigenvalue weighted by molar-refractivity contribution is 7.89. The van der Waals surface area contributed by atoms with E-state index in [0.29, 0.717) is 6.07 Å². The highest BCUT2D eigenvalue weighted by Crippen LogP contribution is 2.26. The first-order valence-electron chi connectivity index (χ1n) is 9.27. The summed E-state index contributed by atoms with van der Waals surface area (Å²) in [6.07, 6.45) is 0.331. The Labute approximate surface area is 176 Å². The molecular formula is C20H19F3N2O5S. The number of methoxy groups -OCH3 is 1. The zero-order valence-corrected chi connectivity index (χ0v) is 17.2. The lowest BCUT2D eigenvalue weighted by atomic mass is 9.97. The first-order valence-corrected chi connectivity index (χ1v) is 10.7. The van der Waals surface area contributed by atoms with E-state index in [1.54, 1.807) is 0 Å². The molecule has 1 N–H and O–H groups in total. The monoisotopic (exact) mass is 456 g/mol. The first kappa shape index (κ1) is 22.8. The number of halogens is 3. The van der Waals surface area contributed by atoms with Crippen LogP contribution in [-0.4, -0.2) is 44.8 Å². The maximum Gasteiger partial charge on any atom is 0.340 e. The van der Waals surface area contributed by atoms with Gasteiger partial charge in [0.25, 0.3) is 0 Å². The van der Waals surface area contributed by atoms with E-state index in [2.05, 4.69) is 10.1 Å². The smallest absolute Gasteiger partial charge is 0.340 e. The molecule has 0 spiro atoms. The fourth-order valence-corrected chi connectivity index (χ4v) is 4.73. The van der Waals surface area contributed by atoms with Crippen molar-refractivity contribution >= 4 is 27.6 Å². The minimum Gasteiger partial charge on any atom is -0.465 e. The van der Waals surface area contributed by atoms with Gasteiger partial charge in [0.1, 0.15) is 17.5 Å². The zero-order chi connectivity index (χ0) is 22.8. The van der Waals surface area contributed by atoms with Gasteiger partial charge in [0.2, 0.25) is 15.9 Å². The Kier molecular flexibility index (Phi) is 6.65. The van der Waals surface area contributed by atoms with Gasteiger partial charge in [-0.1, -0.05) is 0 Å². The lowest BCUT2D eigenvalue weighted by Gasteiger charge is -2.30. The minimum absolute atomic E-state index is 0.0388. The first-order chi connectivity index (χ1) is 14.6. The molecule has 0 unspecified atom stereocenters. The lowest BCUT2D eigenvalue weighted by molar-refractivity contribution is -0.120. The number of benzene rings is 2. The molecule has 3 rings (SSSR count). The summed E-state index contributed by atoms with van der Waals surface area (Å²) >= 11 is 0. The number of nitrogens with zero attached hydrogens (tertiary/aromatic N) is 1. The van der Waals surface area contributed by atoms with Gasteiger partial charge in [-0.15, -0.1) is 0 Å². The van der Waals surface area contributed by atoms with Crippen LogP contribution in [0.1, 0.15) is 23.2 Å². The van der Waals surface area contributed by atoms with E-state index in [0.717, 1.165) is 25.3 Å². The fraction of sp³-hybridized carbons (Fsp3) is 0.300. The van der Waals surface area contributed by atoms with Crippen LogP contribution in [0.5, 0.6) is 0 Å². The molecular weight excluding hydrogens is 437 g/mol. The molecule has 0 bridgehead atoms. The van der Waals surface area contributed by atoms with Crippen LogP contribution in [-0.2, 0) is 19.6 Å². The van der Waals surface area contributed by atoms with Gasteiger partial charge in [0.15, 0.2) is 0 Å². The number of hydrogen-bond acceptors (Lipinski definition) is 5. The van der Waals surface area contributed by atoms with Crippen LogP contribution in [0.2, 0.25) is 0 Å². The summed E-state index contributed by atoms with van der Waals surface area (Å²) in [4.78, 5) is 24.0. The number of nitrogens with one attached hydrogen (secondary N) is 1. The fourth-order valence-electron chi connectivity index (χ4n) is 3.26. The van der Waals surface area contributed by atoms with Crippen molar-refractivity contribution in [3.8, 4) is 0 Å². The Hall–Kier alpha value is -2.92. The molecule has 0 radical (unpaired) electrons. The van der Waals surface area contributed by atoms with Gasteiger partial charge in [-0.2, -0.15) is 4.31 Å². The minimum atomic E-state index is -3.83. The molecule has 1 aliphatic rings. The third-order valence-corrected chi connectivity index (χ3v) is 6.91. The van der Waals surface area contributed by atoms with Crippen molar-refractivity contribution in [2.45, 2.75) is 17.7 Å². The average molecular weight is 456 g/mol. The summed E-state index contributed by atoms with van der Waals surface area (Å²) in [6.45, 7) is 0.0776. The number of carbonyl (C=O) groups excluding carboxylic acids is 2. The van der Waals surface area contributed by atoms with Gasteiger partial charge < -0.3 is 10.1 Å². The van der Waals surface area contributed by atoms with E-state index in [-0.39, 0.29) is 36.5 Å². The van der Waals surface area contributed by atoms with Crippen molar-refractivity contribution < 1.29 is 35.9 Å². The molecule has 0 aromatic heterocycles. The standard InChI is InChI=1S/C20H19F3N2O5S/c1-30-20(27)15-10-18(17(23)11-16(15)22)24-19(26)12-6-8-25(9-7-12)31(28,29)14-4-2-13(21)3-5-14/h2-5,10-12H,6-9H2,1H3,(H,24,26). The van der Waals surface area contributed by atoms with Crippen molar-refractivity contribution in [1.29, 1.82) is 0 Å². The van der Waals surface area contributed by atoms with Crippen molar-refractivity contribution in [1.82, 2.24) is 4.31 Å². The SMILES string of the molecule is COC(=O)c1cc(NC(=O)C2CCN(S(=O)(=O)c3ccc(F)cc3)CC2)c(F)cc1F. The summed E-state index contributed by atoms with van der Waals surface area (Å²) in [6, 6.07) is 5.75. The number of esters is 1. The number of sulfonamides is 1. The second-order valence-electron chi connectivity index (χ2n) is 6.93. The van der Waals surface area contributed by atoms with E-state index >= 15 is 0 Å². The molecule has 7 nitrogen and oxygen atoms in total. The second kappa shape index (κ2) is 9.06. The molecule has 31 heavy (non-hydrogen) atoms. The van der Waals surface area contributed by atoms with Crippen molar-refractivity contribution in [2.24, 2.45) is 5.92 Å². The van der Waals surface area contributed by atoms with Crippen LogP contribution in [0.4, 0.5) is 18.9 Å². The molecule has 166 valence electrons. The van der Waals surface area contributed by atoms with Gasteiger partial charge in [0, 0.05) is 25.1 Å². The van der Waals surface area contributed by atoms with Gasteiger partial charge in [-0.25, -0.2) is 26.4 Å². The molecule has 1 saturated heterocycles. The molecule has 0 atom stereocenters. The Balaban J connectivity index is 1.67. The van der Waals surface area contributed by atoms with Crippen LogP contribution in [0.15, 0.2) is 41.3 Å². The van der Waals surface area contributed by atoms with E-state index in [4.69, 9.17) is 0 Å². The van der Waals surface area contributed by atoms with E-state index in [1.165, 1.54) is 16.4 Å². The zero-order valence-electron chi connectivity index (χ0n) is 16.4. The summed E-state index contributed by atoms with van der Waals surface area (Å²) in [5.74, 6) is -4.97. The van der Waals surface area contributed by atoms with Crippen LogP contribution < -0.4 is 5.32 Å². The maximum absolute atomic E-state index is 14.0. The quantitative estimate of drug-likeness (QED) is 0.699. The van der Waals surface area contributed by atoms with Crippen LogP contribution in [0.25, 0.3) is 0 Å². The molecule has 2 aromatic rings. The molecule has 1 amide bonds. The molecule has 2 aromatic carbocycles. The number of hydrogen-bond donors (Lipinski definition) is 1. The van der Waals surface area contributed by atoms with Gasteiger partial charge in [-0.3, -0.25) is 4.79 Å². The number of piperidine rings is 1. The molecule has 1 aliphatic heterocycles. The topological polar surface area (TPSA) is 92.8 Å². The Morgan fingerprint density at radius 1 is 1.03 bits per heavy atom. The predicted molar refractivity (Wildman–Crippen MR) is 104 cm³/mol. The number of ether oxygens (including phenoxy) is 1. The third-order valence-electron chi connectivity index (χ3n) is 5.00. The second-order valence-corrected chi connectivity index (χ2v) is 8.86. The van der Waals surface area contributed by atoms with Gasteiger partial charge in [-0.05, 0) is 43.2 Å². The number of carbonyl (C=O) groups is 2. The maximum atomic E-state index is 14.0. The molecule has 0 aliphatic carbocycles. The van der Waals surface area contributed by atoms with E-state index in [1.807, 2.05) is 0 Å². The highest BCUT2D eigenvalue weighted by Gasteiger charge is 2.32. The molecule has 1 fully saturated rings. The summed E-state index contributed by atoms with van der Waals surface area (Å²) < 4.78 is 71.7. The summed E-state index contributed by atoms with van der Waals surface area (Å²) in [5, 5.41) is 2.32. The highest BCUT2D eigenvalue weighted by atomic mass is 32.2. The number of rotatable bonds is 5. The van der Waals surface area contributed by atoms with Crippen molar-refractivity contribution in [3.05, 3.63) is 59.4 Å². The van der Waals surface area contributed by atoms with Gasteiger partial charge in [0.05, 0.1) is 23.3 Å². The van der Waals surface area contributed by atoms with Gasteiger partial charge >= 0.3 is 5.97 Å². The molecule has 1 heterocycles. The third kappa shape index (κ3) is 4.88. The summed E-state index contributed by atoms with van der Waals surface area (Å²) in [7, 11) is -2.80. The number of amides is 1. The average Bonchev–Trinajstić information content (AvgIpc) is 2.75. The largest absolute Gasteiger partial charge is 0.465 e. The molecule has 11 heteroatoms. The Morgan fingerprint density at radius 2 is 1.65 bits per heavy atom.